The van der Waals surface area contributed by atoms with Crippen molar-refractivity contribution in [3.8, 4) is 0 Å². The van der Waals surface area contributed by atoms with Gasteiger partial charge in [-0.3, -0.25) is 4.79 Å². The molecule has 0 amide bonds. The Morgan fingerprint density at radius 3 is 2.89 bits per heavy atom. The van der Waals surface area contributed by atoms with E-state index >= 15 is 0 Å². The first-order chi connectivity index (χ1) is 8.56. The highest BCUT2D eigenvalue weighted by Crippen LogP contribution is 2.36. The Morgan fingerprint density at radius 1 is 1.50 bits per heavy atom. The van der Waals surface area contributed by atoms with Gasteiger partial charge in [-0.05, 0) is 50.6 Å². The van der Waals surface area contributed by atoms with E-state index in [1.807, 2.05) is 0 Å². The minimum atomic E-state index is -0.954. The Balaban J connectivity index is 1.81. The van der Waals surface area contributed by atoms with E-state index in [1.165, 1.54) is 25.9 Å². The van der Waals surface area contributed by atoms with Crippen molar-refractivity contribution in [2.45, 2.75) is 51.0 Å². The van der Waals surface area contributed by atoms with Gasteiger partial charge in [-0.1, -0.05) is 19.8 Å². The molecule has 0 radical (unpaired) electrons. The zero-order valence-electron chi connectivity index (χ0n) is 11.4. The molecular weight excluding hydrogens is 228 g/mol. The summed E-state index contributed by atoms with van der Waals surface area (Å²) in [4.78, 5) is 13.8. The standard InChI is InChI=1S/C14H26N2O2/c1-2-11-5-8-16(10-11)9-6-12-4-3-7-14(12,15)13(17)18/h11-12H,2-10,15H2,1H3,(H,17,18). The fourth-order valence-electron chi connectivity index (χ4n) is 3.57. The van der Waals surface area contributed by atoms with Crippen molar-refractivity contribution in [3.05, 3.63) is 0 Å². The molecule has 3 unspecified atom stereocenters. The van der Waals surface area contributed by atoms with Crippen LogP contribution in [0.2, 0.25) is 0 Å². The quantitative estimate of drug-likeness (QED) is 0.783. The second-order valence-corrected chi connectivity index (χ2v) is 6.09. The molecule has 0 spiro atoms. The van der Waals surface area contributed by atoms with Gasteiger partial charge in [0.25, 0.3) is 0 Å². The largest absolute Gasteiger partial charge is 0.480 e. The fraction of sp³-hybridized carbons (Fsp3) is 0.929. The van der Waals surface area contributed by atoms with Crippen LogP contribution in [0.5, 0.6) is 0 Å². The molecule has 1 heterocycles. The molecule has 0 aromatic rings. The number of carboxylic acid groups (broad SMARTS) is 1. The van der Waals surface area contributed by atoms with E-state index in [0.717, 1.165) is 31.7 Å². The van der Waals surface area contributed by atoms with Crippen LogP contribution in [-0.2, 0) is 4.79 Å². The molecule has 4 heteroatoms. The highest BCUT2D eigenvalue weighted by molar-refractivity contribution is 5.79. The van der Waals surface area contributed by atoms with E-state index in [1.54, 1.807) is 0 Å². The molecule has 104 valence electrons. The van der Waals surface area contributed by atoms with Crippen LogP contribution < -0.4 is 5.73 Å². The summed E-state index contributed by atoms with van der Waals surface area (Å²) in [5.41, 5.74) is 5.11. The molecule has 2 rings (SSSR count). The van der Waals surface area contributed by atoms with Crippen LogP contribution in [0, 0.1) is 11.8 Å². The summed E-state index contributed by atoms with van der Waals surface area (Å²) in [7, 11) is 0. The third kappa shape index (κ3) is 2.69. The maximum atomic E-state index is 11.3. The van der Waals surface area contributed by atoms with Crippen molar-refractivity contribution in [2.75, 3.05) is 19.6 Å². The van der Waals surface area contributed by atoms with Crippen LogP contribution in [0.25, 0.3) is 0 Å². The van der Waals surface area contributed by atoms with E-state index < -0.39 is 11.5 Å². The summed E-state index contributed by atoms with van der Waals surface area (Å²) < 4.78 is 0. The number of carbonyl (C=O) groups is 1. The highest BCUT2D eigenvalue weighted by atomic mass is 16.4. The Morgan fingerprint density at radius 2 is 2.28 bits per heavy atom. The molecule has 1 aliphatic carbocycles. The zero-order chi connectivity index (χ0) is 13.2. The number of likely N-dealkylation sites (tertiary alicyclic amines) is 1. The first-order valence-electron chi connectivity index (χ1n) is 7.31. The number of hydrogen-bond donors (Lipinski definition) is 2. The molecule has 0 aromatic heterocycles. The third-order valence-corrected chi connectivity index (χ3v) is 5.01. The number of nitrogens with zero attached hydrogens (tertiary/aromatic N) is 1. The second-order valence-electron chi connectivity index (χ2n) is 6.09. The van der Waals surface area contributed by atoms with Crippen molar-refractivity contribution in [3.63, 3.8) is 0 Å². The first-order valence-corrected chi connectivity index (χ1v) is 7.31. The summed E-state index contributed by atoms with van der Waals surface area (Å²) in [5, 5.41) is 9.28. The van der Waals surface area contributed by atoms with Crippen LogP contribution in [0.3, 0.4) is 0 Å². The molecule has 2 fully saturated rings. The monoisotopic (exact) mass is 254 g/mol. The molecule has 18 heavy (non-hydrogen) atoms. The zero-order valence-corrected chi connectivity index (χ0v) is 11.4. The number of aliphatic carboxylic acids is 1. The Hall–Kier alpha value is -0.610. The SMILES string of the molecule is CCC1CCN(CCC2CCCC2(N)C(=O)O)C1. The minimum absolute atomic E-state index is 0.163. The summed E-state index contributed by atoms with van der Waals surface area (Å²) in [5.74, 6) is 0.198. The molecule has 0 aromatic carbocycles. The number of carboxylic acids is 1. The molecular formula is C14H26N2O2. The van der Waals surface area contributed by atoms with Gasteiger partial charge in [0, 0.05) is 6.54 Å². The summed E-state index contributed by atoms with van der Waals surface area (Å²) in [6, 6.07) is 0. The Bertz CT molecular complexity index is 308. The predicted molar refractivity (Wildman–Crippen MR) is 71.4 cm³/mol. The van der Waals surface area contributed by atoms with Crippen molar-refractivity contribution < 1.29 is 9.90 Å². The van der Waals surface area contributed by atoms with Gasteiger partial charge in [-0.2, -0.15) is 0 Å². The van der Waals surface area contributed by atoms with Gasteiger partial charge in [-0.25, -0.2) is 0 Å². The van der Waals surface area contributed by atoms with Crippen molar-refractivity contribution in [1.82, 2.24) is 4.90 Å². The van der Waals surface area contributed by atoms with Gasteiger partial charge >= 0.3 is 5.97 Å². The van der Waals surface area contributed by atoms with Gasteiger partial charge in [0.1, 0.15) is 5.54 Å². The van der Waals surface area contributed by atoms with Crippen molar-refractivity contribution >= 4 is 5.97 Å². The fourth-order valence-corrected chi connectivity index (χ4v) is 3.57. The summed E-state index contributed by atoms with van der Waals surface area (Å²) >= 11 is 0. The molecule has 0 bridgehead atoms. The number of nitrogens with two attached hydrogens (primary N) is 1. The lowest BCUT2D eigenvalue weighted by Gasteiger charge is -2.28. The lowest BCUT2D eigenvalue weighted by molar-refractivity contribution is -0.144. The predicted octanol–water partition coefficient (Wildman–Crippen LogP) is 1.69. The summed E-state index contributed by atoms with van der Waals surface area (Å²) in [6.45, 7) is 5.64. The maximum absolute atomic E-state index is 11.3. The van der Waals surface area contributed by atoms with E-state index in [0.29, 0.717) is 6.42 Å². The molecule has 2 aliphatic rings. The Labute approximate surface area is 110 Å². The smallest absolute Gasteiger partial charge is 0.323 e. The topological polar surface area (TPSA) is 66.6 Å². The van der Waals surface area contributed by atoms with E-state index in [-0.39, 0.29) is 5.92 Å². The van der Waals surface area contributed by atoms with Crippen molar-refractivity contribution in [2.24, 2.45) is 17.6 Å². The first kappa shape index (κ1) is 13.8. The average Bonchev–Trinajstić information content (AvgIpc) is 2.94. The van der Waals surface area contributed by atoms with Crippen LogP contribution in [-0.4, -0.2) is 41.1 Å². The van der Waals surface area contributed by atoms with Gasteiger partial charge in [0.2, 0.25) is 0 Å². The van der Waals surface area contributed by atoms with E-state index in [2.05, 4.69) is 11.8 Å². The highest BCUT2D eigenvalue weighted by Gasteiger charge is 2.45. The van der Waals surface area contributed by atoms with Crippen LogP contribution in [0.1, 0.15) is 45.4 Å². The number of hydrogen-bond acceptors (Lipinski definition) is 3. The van der Waals surface area contributed by atoms with E-state index in [9.17, 15) is 9.90 Å². The molecule has 3 atom stereocenters. The van der Waals surface area contributed by atoms with Crippen LogP contribution >= 0.6 is 0 Å². The maximum Gasteiger partial charge on any atom is 0.323 e. The molecule has 1 saturated carbocycles. The van der Waals surface area contributed by atoms with Gasteiger partial charge in [0.15, 0.2) is 0 Å². The van der Waals surface area contributed by atoms with E-state index in [4.69, 9.17) is 5.73 Å². The lowest BCUT2D eigenvalue weighted by atomic mass is 9.85. The van der Waals surface area contributed by atoms with Gasteiger partial charge in [-0.15, -0.1) is 0 Å². The molecule has 3 N–H and O–H groups in total. The minimum Gasteiger partial charge on any atom is -0.480 e. The van der Waals surface area contributed by atoms with Crippen molar-refractivity contribution in [1.29, 1.82) is 0 Å². The van der Waals surface area contributed by atoms with Crippen LogP contribution in [0.4, 0.5) is 0 Å². The van der Waals surface area contributed by atoms with Gasteiger partial charge in [0.05, 0.1) is 0 Å². The third-order valence-electron chi connectivity index (χ3n) is 5.01. The molecule has 1 saturated heterocycles. The Kier molecular flexibility index (Phi) is 4.28. The average molecular weight is 254 g/mol. The van der Waals surface area contributed by atoms with Gasteiger partial charge < -0.3 is 15.7 Å². The second kappa shape index (κ2) is 5.57. The molecule has 1 aliphatic heterocycles. The lowest BCUT2D eigenvalue weighted by Crippen LogP contribution is -2.51. The summed E-state index contributed by atoms with van der Waals surface area (Å²) in [6.07, 6.45) is 6.09. The normalized spacial score (nSPS) is 37.2. The molecule has 4 nitrogen and oxygen atoms in total. The van der Waals surface area contributed by atoms with Crippen LogP contribution in [0.15, 0.2) is 0 Å². The number of rotatable bonds is 5.